The number of hydrogen-bond acceptors (Lipinski definition) is 6. The number of carbonyl (C=O) groups is 1. The van der Waals surface area contributed by atoms with Crippen LogP contribution in [0.2, 0.25) is 5.02 Å². The molecule has 2 N–H and O–H groups in total. The summed E-state index contributed by atoms with van der Waals surface area (Å²) in [5.41, 5.74) is 2.26. The summed E-state index contributed by atoms with van der Waals surface area (Å²) in [4.78, 5) is 22.1. The predicted octanol–water partition coefficient (Wildman–Crippen LogP) is 5.17. The summed E-state index contributed by atoms with van der Waals surface area (Å²) in [5, 5.41) is 10.1. The van der Waals surface area contributed by atoms with Crippen molar-refractivity contribution in [2.75, 3.05) is 22.7 Å². The Kier molecular flexibility index (Phi) is 6.38. The molecule has 0 atom stereocenters. The topological polar surface area (TPSA) is 112 Å². The van der Waals surface area contributed by atoms with Gasteiger partial charge in [-0.05, 0) is 85.5 Å². The third kappa shape index (κ3) is 5.03. The van der Waals surface area contributed by atoms with Crippen LogP contribution in [0.15, 0.2) is 59.8 Å². The monoisotopic (exact) mass is 526 g/mol. The minimum Gasteiger partial charge on any atom is -0.481 e. The molecule has 36 heavy (non-hydrogen) atoms. The van der Waals surface area contributed by atoms with Gasteiger partial charge in [-0.1, -0.05) is 17.7 Å². The summed E-state index contributed by atoms with van der Waals surface area (Å²) in [6, 6.07) is 12.3. The lowest BCUT2D eigenvalue weighted by molar-refractivity contribution is -0.149. The average molecular weight is 527 g/mol. The predicted molar refractivity (Wildman–Crippen MR) is 139 cm³/mol. The second kappa shape index (κ2) is 9.37. The first-order chi connectivity index (χ1) is 17.1. The van der Waals surface area contributed by atoms with Gasteiger partial charge in [0.05, 0.1) is 10.3 Å². The van der Waals surface area contributed by atoms with Crippen LogP contribution in [0.1, 0.15) is 44.1 Å². The van der Waals surface area contributed by atoms with Gasteiger partial charge in [0.1, 0.15) is 11.6 Å². The van der Waals surface area contributed by atoms with Gasteiger partial charge in [0, 0.05) is 36.6 Å². The largest absolute Gasteiger partial charge is 0.481 e. The zero-order valence-electron chi connectivity index (χ0n) is 19.8. The number of pyridine rings is 2. The summed E-state index contributed by atoms with van der Waals surface area (Å²) in [6.07, 6.45) is 6.22. The van der Waals surface area contributed by atoms with Gasteiger partial charge in [0.2, 0.25) is 0 Å². The second-order valence-electron chi connectivity index (χ2n) is 9.74. The van der Waals surface area contributed by atoms with Gasteiger partial charge in [0.25, 0.3) is 10.0 Å². The van der Waals surface area contributed by atoms with Crippen molar-refractivity contribution in [3.8, 4) is 11.1 Å². The van der Waals surface area contributed by atoms with E-state index in [0.717, 1.165) is 24.0 Å². The summed E-state index contributed by atoms with van der Waals surface area (Å²) >= 11 is 6.26. The van der Waals surface area contributed by atoms with Crippen molar-refractivity contribution in [3.05, 3.63) is 65.4 Å². The molecule has 3 aromatic rings. The first-order valence-electron chi connectivity index (χ1n) is 11.9. The number of nitrogens with zero attached hydrogens (tertiary/aromatic N) is 3. The molecule has 0 radical (unpaired) electrons. The minimum atomic E-state index is -3.93. The van der Waals surface area contributed by atoms with Crippen LogP contribution in [0, 0.1) is 5.41 Å². The summed E-state index contributed by atoms with van der Waals surface area (Å²) in [7, 11) is -3.93. The van der Waals surface area contributed by atoms with Gasteiger partial charge in [-0.15, -0.1) is 0 Å². The molecule has 1 saturated heterocycles. The number of hydrogen-bond donors (Lipinski definition) is 2. The highest BCUT2D eigenvalue weighted by Gasteiger charge is 2.37. The van der Waals surface area contributed by atoms with Gasteiger partial charge >= 0.3 is 5.97 Å². The van der Waals surface area contributed by atoms with Crippen LogP contribution in [0.4, 0.5) is 11.6 Å². The highest BCUT2D eigenvalue weighted by Crippen LogP contribution is 2.45. The number of rotatable bonds is 7. The quantitative estimate of drug-likeness (QED) is 0.437. The van der Waals surface area contributed by atoms with Crippen molar-refractivity contribution in [1.29, 1.82) is 0 Å². The first kappa shape index (κ1) is 24.5. The van der Waals surface area contributed by atoms with Crippen LogP contribution in [-0.2, 0) is 14.8 Å². The van der Waals surface area contributed by atoms with Gasteiger partial charge in [-0.2, -0.15) is 0 Å². The molecule has 0 bridgehead atoms. The maximum Gasteiger partial charge on any atom is 0.309 e. The molecule has 1 aromatic carbocycles. The standard InChI is InChI=1S/C26H27ClN4O4S/c1-26(25(32)33)8-12-31(13-9-26)24-16-20(7-11-29-24)36(34,35)30-23-14-18(6-10-28-23)22-15-19(27)4-5-21(22)17-2-3-17/h4-7,10-11,14-17H,2-3,8-9,12-13H2,1H3,(H,28,30)(H,32,33). The van der Waals surface area contributed by atoms with E-state index in [2.05, 4.69) is 14.7 Å². The zero-order chi connectivity index (χ0) is 25.5. The lowest BCUT2D eigenvalue weighted by Crippen LogP contribution is -2.43. The molecule has 0 amide bonds. The maximum atomic E-state index is 13.2. The van der Waals surface area contributed by atoms with E-state index in [0.29, 0.717) is 42.7 Å². The van der Waals surface area contributed by atoms with Crippen LogP contribution in [0.3, 0.4) is 0 Å². The molecule has 3 heterocycles. The average Bonchev–Trinajstić information content (AvgIpc) is 3.70. The second-order valence-corrected chi connectivity index (χ2v) is 11.9. The SMILES string of the molecule is CC1(C(=O)O)CCN(c2cc(S(=O)(=O)Nc3cc(-c4cc(Cl)ccc4C4CC4)ccn3)ccn2)CC1. The Morgan fingerprint density at radius 2 is 1.81 bits per heavy atom. The van der Waals surface area contributed by atoms with Crippen molar-refractivity contribution in [2.24, 2.45) is 5.41 Å². The molecule has 0 unspecified atom stereocenters. The highest BCUT2D eigenvalue weighted by molar-refractivity contribution is 7.92. The molecular weight excluding hydrogens is 500 g/mol. The van der Waals surface area contributed by atoms with Gasteiger partial charge < -0.3 is 10.0 Å². The van der Waals surface area contributed by atoms with Gasteiger partial charge in [-0.25, -0.2) is 18.4 Å². The van der Waals surface area contributed by atoms with E-state index in [4.69, 9.17) is 11.6 Å². The van der Waals surface area contributed by atoms with Crippen LogP contribution in [0.25, 0.3) is 11.1 Å². The van der Waals surface area contributed by atoms with E-state index < -0.39 is 21.4 Å². The number of sulfonamides is 1. The first-order valence-corrected chi connectivity index (χ1v) is 13.7. The smallest absolute Gasteiger partial charge is 0.309 e. The zero-order valence-corrected chi connectivity index (χ0v) is 21.4. The molecule has 2 aliphatic rings. The Morgan fingerprint density at radius 3 is 2.50 bits per heavy atom. The number of benzene rings is 1. The van der Waals surface area contributed by atoms with Crippen LogP contribution >= 0.6 is 11.6 Å². The number of aromatic nitrogens is 2. The van der Waals surface area contributed by atoms with Crippen LogP contribution in [-0.4, -0.2) is 42.6 Å². The molecule has 2 fully saturated rings. The van der Waals surface area contributed by atoms with Crippen molar-refractivity contribution in [2.45, 2.75) is 43.4 Å². The number of aliphatic carboxylic acids is 1. The third-order valence-electron chi connectivity index (χ3n) is 7.08. The normalized spacial score (nSPS) is 17.6. The number of anilines is 2. The lowest BCUT2D eigenvalue weighted by Gasteiger charge is -2.37. The summed E-state index contributed by atoms with van der Waals surface area (Å²) < 4.78 is 29.0. The Labute approximate surface area is 215 Å². The molecule has 0 spiro atoms. The number of carboxylic acids is 1. The van der Waals surface area contributed by atoms with E-state index >= 15 is 0 Å². The van der Waals surface area contributed by atoms with Crippen molar-refractivity contribution < 1.29 is 18.3 Å². The summed E-state index contributed by atoms with van der Waals surface area (Å²) in [6.45, 7) is 2.71. The third-order valence-corrected chi connectivity index (χ3v) is 8.66. The van der Waals surface area contributed by atoms with E-state index in [9.17, 15) is 18.3 Å². The van der Waals surface area contributed by atoms with E-state index in [-0.39, 0.29) is 10.7 Å². The Balaban J connectivity index is 1.37. The van der Waals surface area contributed by atoms with Crippen LogP contribution < -0.4 is 9.62 Å². The molecule has 1 aliphatic heterocycles. The Bertz CT molecular complexity index is 1420. The lowest BCUT2D eigenvalue weighted by atomic mass is 9.80. The molecule has 5 rings (SSSR count). The van der Waals surface area contributed by atoms with Crippen molar-refractivity contribution >= 4 is 39.2 Å². The Morgan fingerprint density at radius 1 is 1.08 bits per heavy atom. The number of piperidine rings is 1. The number of nitrogens with one attached hydrogen (secondary N) is 1. The van der Waals surface area contributed by atoms with Gasteiger partial charge in [0.15, 0.2) is 0 Å². The van der Waals surface area contributed by atoms with E-state index in [1.165, 1.54) is 23.9 Å². The molecule has 1 aliphatic carbocycles. The number of carboxylic acid groups (broad SMARTS) is 1. The van der Waals surface area contributed by atoms with Crippen molar-refractivity contribution in [3.63, 3.8) is 0 Å². The molecule has 10 heteroatoms. The fourth-order valence-electron chi connectivity index (χ4n) is 4.56. The van der Waals surface area contributed by atoms with Crippen LogP contribution in [0.5, 0.6) is 0 Å². The molecular formula is C26H27ClN4O4S. The minimum absolute atomic E-state index is 0.0627. The molecule has 188 valence electrons. The highest BCUT2D eigenvalue weighted by atomic mass is 35.5. The number of halogens is 1. The van der Waals surface area contributed by atoms with E-state index in [1.807, 2.05) is 29.2 Å². The molecule has 2 aromatic heterocycles. The van der Waals surface area contributed by atoms with Crippen molar-refractivity contribution in [1.82, 2.24) is 9.97 Å². The summed E-state index contributed by atoms with van der Waals surface area (Å²) in [5.74, 6) is 0.402. The maximum absolute atomic E-state index is 13.2. The molecule has 1 saturated carbocycles. The molecule has 8 nitrogen and oxygen atoms in total. The fourth-order valence-corrected chi connectivity index (χ4v) is 5.74. The fraction of sp³-hybridized carbons (Fsp3) is 0.346. The Hall–Kier alpha value is -3.17. The van der Waals surface area contributed by atoms with Gasteiger partial charge in [-0.3, -0.25) is 9.52 Å². The van der Waals surface area contributed by atoms with E-state index in [1.54, 1.807) is 19.2 Å².